The molecule has 0 spiro atoms. The number of thiol groups is 1. The van der Waals surface area contributed by atoms with Crippen LogP contribution in [-0.4, -0.2) is 81.5 Å². The highest BCUT2D eigenvalue weighted by Gasteiger charge is 2.20. The topological polar surface area (TPSA) is 148 Å². The molecule has 0 aliphatic carbocycles. The number of carboxylic acid groups (broad SMARTS) is 1. The molecule has 0 aliphatic rings. The number of hydrogen-bond acceptors (Lipinski definition) is 8. The Morgan fingerprint density at radius 1 is 1.11 bits per heavy atom. The third-order valence-corrected chi connectivity index (χ3v) is 5.75. The van der Waals surface area contributed by atoms with E-state index in [-0.39, 0.29) is 11.8 Å². The van der Waals surface area contributed by atoms with Gasteiger partial charge in [0.2, 0.25) is 5.91 Å². The number of nitrogens with two attached hydrogens (primary N) is 1. The highest BCUT2D eigenvalue weighted by Crippen LogP contribution is 2.06. The van der Waals surface area contributed by atoms with Gasteiger partial charge in [0.05, 0.1) is 6.61 Å². The van der Waals surface area contributed by atoms with Gasteiger partial charge in [-0.3, -0.25) is 9.59 Å². The SMILES string of the molecule is CC.CCCC.CCS(C)(=O)=O.NC(CS)CNCCOC(Cc1ccccc1)C(=O)NCC(=O)O. The molecule has 0 radical (unpaired) electrons. The van der Waals surface area contributed by atoms with E-state index < -0.39 is 34.4 Å². The van der Waals surface area contributed by atoms with Crippen molar-refractivity contribution >= 4 is 34.3 Å². The molecule has 0 aliphatic heterocycles. The smallest absolute Gasteiger partial charge is 0.322 e. The van der Waals surface area contributed by atoms with Crippen LogP contribution in [-0.2, 0) is 30.6 Å². The van der Waals surface area contributed by atoms with Gasteiger partial charge in [0.15, 0.2) is 0 Å². The van der Waals surface area contributed by atoms with Crippen LogP contribution in [0.3, 0.4) is 0 Å². The van der Waals surface area contributed by atoms with Crippen molar-refractivity contribution in [3.05, 3.63) is 35.9 Å². The summed E-state index contributed by atoms with van der Waals surface area (Å²) >= 11 is 4.10. The summed E-state index contributed by atoms with van der Waals surface area (Å²) in [6, 6.07) is 9.39. The number of aliphatic carboxylic acids is 1. The molecule has 2 atom stereocenters. The summed E-state index contributed by atoms with van der Waals surface area (Å²) in [5, 5.41) is 14.1. The van der Waals surface area contributed by atoms with Gasteiger partial charge in [-0.1, -0.05) is 77.8 Å². The Morgan fingerprint density at radius 2 is 1.64 bits per heavy atom. The van der Waals surface area contributed by atoms with Gasteiger partial charge in [0, 0.05) is 43.3 Å². The minimum Gasteiger partial charge on any atom is -0.480 e. The van der Waals surface area contributed by atoms with Gasteiger partial charge >= 0.3 is 5.97 Å². The second-order valence-electron chi connectivity index (χ2n) is 7.52. The molecule has 11 heteroatoms. The zero-order chi connectivity index (χ0) is 28.4. The fourth-order valence-corrected chi connectivity index (χ4v) is 2.09. The average molecular weight is 552 g/mol. The molecule has 5 N–H and O–H groups in total. The van der Waals surface area contributed by atoms with E-state index >= 15 is 0 Å². The molecule has 36 heavy (non-hydrogen) atoms. The molecule has 1 aromatic rings. The number of nitrogens with one attached hydrogen (secondary N) is 2. The molecule has 0 aromatic heterocycles. The Bertz CT molecular complexity index is 747. The quantitative estimate of drug-likeness (QED) is 0.175. The van der Waals surface area contributed by atoms with E-state index in [0.29, 0.717) is 31.9 Å². The highest BCUT2D eigenvalue weighted by molar-refractivity contribution is 7.90. The third-order valence-electron chi connectivity index (χ3n) is 4.23. The van der Waals surface area contributed by atoms with Gasteiger partial charge in [-0.05, 0) is 5.56 Å². The van der Waals surface area contributed by atoms with E-state index in [1.165, 1.54) is 19.1 Å². The number of unbranched alkanes of at least 4 members (excludes halogenated alkanes) is 1. The molecule has 0 saturated heterocycles. The molecule has 212 valence electrons. The number of carbonyl (C=O) groups excluding carboxylic acids is 1. The molecule has 0 fully saturated rings. The van der Waals surface area contributed by atoms with Crippen LogP contribution >= 0.6 is 12.6 Å². The van der Waals surface area contributed by atoms with Crippen molar-refractivity contribution < 1.29 is 27.9 Å². The molecule has 0 heterocycles. The number of hydrogen-bond donors (Lipinski definition) is 5. The Morgan fingerprint density at radius 3 is 2.06 bits per heavy atom. The van der Waals surface area contributed by atoms with Crippen molar-refractivity contribution in [3.63, 3.8) is 0 Å². The first kappa shape index (κ1) is 38.9. The van der Waals surface area contributed by atoms with Crippen molar-refractivity contribution in [2.75, 3.05) is 44.0 Å². The fraction of sp³-hybridized carbons (Fsp3) is 0.680. The molecule has 1 amide bonds. The number of ether oxygens (including phenoxy) is 1. The average Bonchev–Trinajstić information content (AvgIpc) is 2.88. The van der Waals surface area contributed by atoms with Crippen LogP contribution in [0.4, 0.5) is 0 Å². The number of sulfone groups is 1. The molecular weight excluding hydrogens is 502 g/mol. The summed E-state index contributed by atoms with van der Waals surface area (Å²) in [4.78, 5) is 22.7. The largest absolute Gasteiger partial charge is 0.480 e. The first-order valence-electron chi connectivity index (χ1n) is 12.4. The lowest BCUT2D eigenvalue weighted by molar-refractivity contribution is -0.140. The zero-order valence-corrected chi connectivity index (χ0v) is 24.5. The van der Waals surface area contributed by atoms with Crippen molar-refractivity contribution in [3.8, 4) is 0 Å². The van der Waals surface area contributed by atoms with E-state index in [4.69, 9.17) is 15.6 Å². The number of benzene rings is 1. The minimum atomic E-state index is -2.66. The van der Waals surface area contributed by atoms with Gasteiger partial charge in [-0.15, -0.1) is 0 Å². The Balaban J connectivity index is -0.000000756. The highest BCUT2D eigenvalue weighted by atomic mass is 32.2. The normalized spacial score (nSPS) is 11.8. The van der Waals surface area contributed by atoms with Gasteiger partial charge in [0.25, 0.3) is 0 Å². The molecular formula is C25H49N3O6S2. The van der Waals surface area contributed by atoms with Crippen LogP contribution in [0.1, 0.15) is 53.0 Å². The second kappa shape index (κ2) is 26.4. The van der Waals surface area contributed by atoms with Crippen molar-refractivity contribution in [2.24, 2.45) is 5.73 Å². The van der Waals surface area contributed by atoms with Crippen LogP contribution in [0.5, 0.6) is 0 Å². The van der Waals surface area contributed by atoms with Crippen LogP contribution in [0.2, 0.25) is 0 Å². The van der Waals surface area contributed by atoms with Gasteiger partial charge in [-0.25, -0.2) is 8.42 Å². The minimum absolute atomic E-state index is 0.0349. The first-order valence-corrected chi connectivity index (χ1v) is 15.1. The maximum atomic E-state index is 12.1. The molecule has 0 saturated carbocycles. The van der Waals surface area contributed by atoms with Crippen LogP contribution in [0, 0.1) is 0 Å². The predicted molar refractivity (Wildman–Crippen MR) is 153 cm³/mol. The Hall–Kier alpha value is -1.66. The maximum absolute atomic E-state index is 12.1. The zero-order valence-electron chi connectivity index (χ0n) is 22.8. The van der Waals surface area contributed by atoms with Crippen molar-refractivity contribution in [1.29, 1.82) is 0 Å². The number of carboxylic acids is 1. The number of amides is 1. The molecule has 0 bridgehead atoms. The predicted octanol–water partition coefficient (Wildman–Crippen LogP) is 2.55. The summed E-state index contributed by atoms with van der Waals surface area (Å²) < 4.78 is 25.6. The molecule has 1 aromatic carbocycles. The first-order chi connectivity index (χ1) is 17.0. The van der Waals surface area contributed by atoms with Gasteiger partial charge in [-0.2, -0.15) is 12.6 Å². The summed E-state index contributed by atoms with van der Waals surface area (Å²) in [6.45, 7) is 11.0. The maximum Gasteiger partial charge on any atom is 0.322 e. The van der Waals surface area contributed by atoms with Crippen LogP contribution in [0.25, 0.3) is 0 Å². The Kier molecular flexibility index (Phi) is 28.5. The number of rotatable bonds is 14. The van der Waals surface area contributed by atoms with E-state index in [9.17, 15) is 18.0 Å². The standard InChI is InChI=1S/C16H25N3O4S.C4H10.C3H8O2S.C2H6/c17-13(11-24)9-18-6-7-23-14(16(22)19-10-15(20)21)8-12-4-2-1-3-5-12;1-3-4-2;1-3-6(2,4)5;1-2/h1-5,13-14,18,24H,6-11,17H2,(H,19,22)(H,20,21);3-4H2,1-2H3;3H2,1-2H3;1-2H3. The number of carbonyl (C=O) groups is 2. The summed E-state index contributed by atoms with van der Waals surface area (Å²) in [5.74, 6) is -0.702. The lowest BCUT2D eigenvalue weighted by Crippen LogP contribution is -2.42. The molecule has 9 nitrogen and oxygen atoms in total. The summed E-state index contributed by atoms with van der Waals surface area (Å²) in [5.41, 5.74) is 6.68. The summed E-state index contributed by atoms with van der Waals surface area (Å²) in [7, 11) is -2.66. The van der Waals surface area contributed by atoms with Crippen molar-refractivity contribution in [2.45, 2.75) is 66.0 Å². The van der Waals surface area contributed by atoms with Gasteiger partial charge in [0.1, 0.15) is 22.5 Å². The van der Waals surface area contributed by atoms with Crippen molar-refractivity contribution in [1.82, 2.24) is 10.6 Å². The van der Waals surface area contributed by atoms with Crippen LogP contribution < -0.4 is 16.4 Å². The lowest BCUT2D eigenvalue weighted by Gasteiger charge is -2.18. The van der Waals surface area contributed by atoms with E-state index in [1.54, 1.807) is 6.92 Å². The Labute approximate surface area is 224 Å². The fourth-order valence-electron chi connectivity index (χ4n) is 1.96. The molecule has 2 unspecified atom stereocenters. The van der Waals surface area contributed by atoms with Crippen LogP contribution in [0.15, 0.2) is 30.3 Å². The summed E-state index contributed by atoms with van der Waals surface area (Å²) in [6.07, 6.45) is 3.49. The van der Waals surface area contributed by atoms with E-state index in [2.05, 4.69) is 37.1 Å². The third kappa shape index (κ3) is 28.6. The second-order valence-corrected chi connectivity index (χ2v) is 10.3. The van der Waals surface area contributed by atoms with E-state index in [0.717, 1.165) is 5.56 Å². The monoisotopic (exact) mass is 551 g/mol. The van der Waals surface area contributed by atoms with E-state index in [1.807, 2.05) is 44.2 Å². The molecule has 1 rings (SSSR count). The van der Waals surface area contributed by atoms with Gasteiger partial charge < -0.3 is 26.2 Å². The lowest BCUT2D eigenvalue weighted by atomic mass is 10.1.